The minimum absolute atomic E-state index is 0.0298. The second-order valence-corrected chi connectivity index (χ2v) is 10.5. The van der Waals surface area contributed by atoms with E-state index in [1.807, 2.05) is 24.4 Å². The summed E-state index contributed by atoms with van der Waals surface area (Å²) in [5, 5.41) is 21.2. The largest absolute Gasteiger partial charge is 0.347 e. The van der Waals surface area contributed by atoms with Gasteiger partial charge in [0.25, 0.3) is 0 Å². The number of hydrogen-bond donors (Lipinski definition) is 2. The van der Waals surface area contributed by atoms with E-state index in [0.717, 1.165) is 37.8 Å². The molecule has 7 rings (SSSR count). The molecule has 5 aliphatic rings. The Balaban J connectivity index is 1.19. The van der Waals surface area contributed by atoms with E-state index in [9.17, 15) is 14.4 Å². The number of anilines is 1. The summed E-state index contributed by atoms with van der Waals surface area (Å²) in [6, 6.07) is 7.27. The maximum atomic E-state index is 13.8. The Labute approximate surface area is 186 Å². The molecule has 32 heavy (non-hydrogen) atoms. The Bertz CT molecular complexity index is 1050. The van der Waals surface area contributed by atoms with Crippen LogP contribution in [0.4, 0.5) is 10.3 Å². The minimum atomic E-state index is -1.10. The number of rotatable bonds is 5. The van der Waals surface area contributed by atoms with Crippen LogP contribution in [-0.2, 0) is 4.79 Å². The van der Waals surface area contributed by atoms with Gasteiger partial charge in [0, 0.05) is 23.7 Å². The van der Waals surface area contributed by atoms with Crippen LogP contribution in [0, 0.1) is 23.2 Å². The standard InChI is InChI=1S/C23H28FN7O/c24-17-6-18(11-25)30(13-17)20(32)12-26-22-7-15-5-16(8-22)10-23(9-15,14-22)28-21-27-19-3-1-2-4-31(19)29-21/h1-4,15-18,26H,5-10,12-14H2,(H,28,29). The molecule has 5 fully saturated rings. The van der Waals surface area contributed by atoms with Crippen LogP contribution in [0.2, 0.25) is 0 Å². The summed E-state index contributed by atoms with van der Waals surface area (Å²) in [5.41, 5.74) is 0.642. The minimum Gasteiger partial charge on any atom is -0.347 e. The molecule has 1 aliphatic heterocycles. The lowest BCUT2D eigenvalue weighted by atomic mass is 9.50. The highest BCUT2D eigenvalue weighted by atomic mass is 19.1. The molecule has 2 aromatic rings. The third kappa shape index (κ3) is 3.32. The molecule has 4 unspecified atom stereocenters. The fraction of sp³-hybridized carbons (Fsp3) is 0.652. The normalized spacial score (nSPS) is 37.7. The third-order valence-electron chi connectivity index (χ3n) is 8.01. The summed E-state index contributed by atoms with van der Waals surface area (Å²) >= 11 is 0. The van der Waals surface area contributed by atoms with E-state index in [1.165, 1.54) is 11.3 Å². The Morgan fingerprint density at radius 1 is 1.22 bits per heavy atom. The van der Waals surface area contributed by atoms with Crippen LogP contribution in [0.3, 0.4) is 0 Å². The summed E-state index contributed by atoms with van der Waals surface area (Å²) in [4.78, 5) is 18.9. The molecule has 168 valence electrons. The molecule has 4 bridgehead atoms. The van der Waals surface area contributed by atoms with Crippen LogP contribution in [0.25, 0.3) is 5.65 Å². The molecule has 2 N–H and O–H groups in total. The van der Waals surface area contributed by atoms with E-state index in [0.29, 0.717) is 17.8 Å². The first-order valence-corrected chi connectivity index (χ1v) is 11.6. The van der Waals surface area contributed by atoms with Gasteiger partial charge in [-0.2, -0.15) is 10.2 Å². The number of halogens is 1. The van der Waals surface area contributed by atoms with Crippen molar-refractivity contribution in [2.45, 2.75) is 68.2 Å². The fourth-order valence-electron chi connectivity index (χ4n) is 7.28. The first-order chi connectivity index (χ1) is 15.4. The predicted octanol–water partition coefficient (Wildman–Crippen LogP) is 2.28. The maximum absolute atomic E-state index is 13.8. The number of carbonyl (C=O) groups excluding carboxylic acids is 1. The molecule has 0 aromatic carbocycles. The quantitative estimate of drug-likeness (QED) is 0.745. The molecule has 2 aromatic heterocycles. The highest BCUT2D eigenvalue weighted by Gasteiger charge is 2.58. The van der Waals surface area contributed by atoms with Gasteiger partial charge in [0.1, 0.15) is 12.2 Å². The van der Waals surface area contributed by atoms with Gasteiger partial charge in [0.2, 0.25) is 11.9 Å². The van der Waals surface area contributed by atoms with Gasteiger partial charge in [-0.3, -0.25) is 4.79 Å². The van der Waals surface area contributed by atoms with Gasteiger partial charge in [-0.05, 0) is 62.5 Å². The summed E-state index contributed by atoms with van der Waals surface area (Å²) in [6.07, 6.45) is 7.40. The van der Waals surface area contributed by atoms with E-state index in [1.54, 1.807) is 4.52 Å². The number of fused-ring (bicyclic) bond motifs is 1. The van der Waals surface area contributed by atoms with Crippen molar-refractivity contribution in [3.63, 3.8) is 0 Å². The smallest absolute Gasteiger partial charge is 0.243 e. The van der Waals surface area contributed by atoms with Crippen molar-refractivity contribution in [2.75, 3.05) is 18.4 Å². The van der Waals surface area contributed by atoms with E-state index in [-0.39, 0.29) is 36.5 Å². The first-order valence-electron chi connectivity index (χ1n) is 11.6. The van der Waals surface area contributed by atoms with Gasteiger partial charge >= 0.3 is 0 Å². The van der Waals surface area contributed by atoms with Crippen LogP contribution in [-0.4, -0.2) is 61.8 Å². The van der Waals surface area contributed by atoms with Gasteiger partial charge in [0.15, 0.2) is 5.65 Å². The molecule has 1 amide bonds. The number of nitriles is 1. The van der Waals surface area contributed by atoms with Crippen molar-refractivity contribution < 1.29 is 9.18 Å². The second-order valence-electron chi connectivity index (χ2n) is 10.5. The summed E-state index contributed by atoms with van der Waals surface area (Å²) in [7, 11) is 0. The monoisotopic (exact) mass is 437 g/mol. The molecule has 1 saturated heterocycles. The average Bonchev–Trinajstić information content (AvgIpc) is 3.32. The van der Waals surface area contributed by atoms with Crippen LogP contribution >= 0.6 is 0 Å². The number of pyridine rings is 1. The van der Waals surface area contributed by atoms with Crippen molar-refractivity contribution in [1.29, 1.82) is 5.26 Å². The topological polar surface area (TPSA) is 98.3 Å². The van der Waals surface area contributed by atoms with Crippen molar-refractivity contribution >= 4 is 17.5 Å². The van der Waals surface area contributed by atoms with Crippen LogP contribution in [0.1, 0.15) is 44.9 Å². The number of alkyl halides is 1. The van der Waals surface area contributed by atoms with Crippen LogP contribution < -0.4 is 10.6 Å². The number of aromatic nitrogens is 3. The predicted molar refractivity (Wildman–Crippen MR) is 115 cm³/mol. The van der Waals surface area contributed by atoms with Gasteiger partial charge in [-0.25, -0.2) is 8.91 Å². The van der Waals surface area contributed by atoms with Gasteiger partial charge in [-0.15, -0.1) is 5.10 Å². The van der Waals surface area contributed by atoms with Crippen molar-refractivity contribution in [1.82, 2.24) is 24.8 Å². The lowest BCUT2D eigenvalue weighted by Gasteiger charge is -2.62. The third-order valence-corrected chi connectivity index (χ3v) is 8.01. The number of hydrogen-bond acceptors (Lipinski definition) is 6. The maximum Gasteiger partial charge on any atom is 0.243 e. The van der Waals surface area contributed by atoms with Crippen molar-refractivity contribution in [2.24, 2.45) is 11.8 Å². The first kappa shape index (κ1) is 19.9. The van der Waals surface area contributed by atoms with Crippen LogP contribution in [0.5, 0.6) is 0 Å². The number of carbonyl (C=O) groups is 1. The van der Waals surface area contributed by atoms with Gasteiger partial charge in [-0.1, -0.05) is 6.07 Å². The highest BCUT2D eigenvalue weighted by molar-refractivity contribution is 5.79. The number of likely N-dealkylation sites (tertiary alicyclic amines) is 1. The zero-order valence-corrected chi connectivity index (χ0v) is 18.0. The lowest BCUT2D eigenvalue weighted by Crippen LogP contribution is -2.67. The zero-order chi connectivity index (χ0) is 21.9. The number of nitrogens with one attached hydrogen (secondary N) is 2. The molecular formula is C23H28FN7O. The Morgan fingerprint density at radius 3 is 2.75 bits per heavy atom. The Morgan fingerprint density at radius 2 is 2.00 bits per heavy atom. The summed E-state index contributed by atoms with van der Waals surface area (Å²) < 4.78 is 15.6. The molecule has 8 nitrogen and oxygen atoms in total. The molecule has 4 atom stereocenters. The highest BCUT2D eigenvalue weighted by Crippen LogP contribution is 2.58. The second kappa shape index (κ2) is 7.14. The van der Waals surface area contributed by atoms with E-state index < -0.39 is 12.2 Å². The van der Waals surface area contributed by atoms with Gasteiger partial charge in [0.05, 0.1) is 19.2 Å². The number of amides is 1. The summed E-state index contributed by atoms with van der Waals surface area (Å²) in [6.45, 7) is 0.190. The lowest BCUT2D eigenvalue weighted by molar-refractivity contribution is -0.131. The average molecular weight is 438 g/mol. The molecular weight excluding hydrogens is 409 g/mol. The van der Waals surface area contributed by atoms with E-state index in [2.05, 4.69) is 26.8 Å². The Kier molecular flexibility index (Phi) is 4.44. The number of nitrogens with zero attached hydrogens (tertiary/aromatic N) is 5. The van der Waals surface area contributed by atoms with Crippen molar-refractivity contribution in [3.05, 3.63) is 24.4 Å². The molecule has 0 radical (unpaired) electrons. The van der Waals surface area contributed by atoms with Crippen LogP contribution in [0.15, 0.2) is 24.4 Å². The van der Waals surface area contributed by atoms with E-state index >= 15 is 0 Å². The zero-order valence-electron chi connectivity index (χ0n) is 18.0. The SMILES string of the molecule is N#CC1CC(F)CN1C(=O)CNC12CC3CC(C1)CC(Nc1nc4ccccn4n1)(C3)C2. The molecule has 9 heteroatoms. The van der Waals surface area contributed by atoms with Crippen molar-refractivity contribution in [3.8, 4) is 6.07 Å². The summed E-state index contributed by atoms with van der Waals surface area (Å²) in [5.74, 6) is 1.71. The molecule has 4 saturated carbocycles. The van der Waals surface area contributed by atoms with Gasteiger partial charge < -0.3 is 15.5 Å². The molecule has 0 spiro atoms. The fourth-order valence-corrected chi connectivity index (χ4v) is 7.28. The van der Waals surface area contributed by atoms with E-state index in [4.69, 9.17) is 0 Å². The Hall–Kier alpha value is -2.73. The molecule has 4 aliphatic carbocycles. The molecule has 3 heterocycles.